The summed E-state index contributed by atoms with van der Waals surface area (Å²) < 4.78 is 9.82. The fourth-order valence-electron chi connectivity index (χ4n) is 7.54. The van der Waals surface area contributed by atoms with Crippen molar-refractivity contribution in [2.75, 3.05) is 14.2 Å². The molecule has 34 heavy (non-hydrogen) atoms. The summed E-state index contributed by atoms with van der Waals surface area (Å²) in [7, 11) is 2.86. The number of ether oxygens (including phenoxy) is 2. The molecule has 0 spiro atoms. The third kappa shape index (κ3) is 3.19. The monoisotopic (exact) mass is 454 g/mol. The van der Waals surface area contributed by atoms with Gasteiger partial charge in [-0.15, -0.1) is 0 Å². The zero-order valence-corrected chi connectivity index (χ0v) is 19.7. The minimum Gasteiger partial charge on any atom is -0.465 e. The van der Waals surface area contributed by atoms with Crippen LogP contribution in [0.2, 0.25) is 0 Å². The maximum absolute atomic E-state index is 12.0. The first-order valence-electron chi connectivity index (χ1n) is 12.4. The van der Waals surface area contributed by atoms with E-state index < -0.39 is 0 Å². The Morgan fingerprint density at radius 2 is 1.09 bits per heavy atom. The Balaban J connectivity index is 1.44. The first kappa shape index (κ1) is 21.4. The van der Waals surface area contributed by atoms with Gasteiger partial charge in [-0.2, -0.15) is 0 Å². The smallest absolute Gasteiger partial charge is 0.337 e. The quantitative estimate of drug-likeness (QED) is 0.416. The summed E-state index contributed by atoms with van der Waals surface area (Å²) in [6.07, 6.45) is 9.67. The largest absolute Gasteiger partial charge is 0.465 e. The molecule has 0 heterocycles. The molecule has 0 saturated heterocycles. The molecule has 4 nitrogen and oxygen atoms in total. The van der Waals surface area contributed by atoms with Crippen LogP contribution in [0.4, 0.5) is 0 Å². The van der Waals surface area contributed by atoms with Gasteiger partial charge in [0.15, 0.2) is 0 Å². The lowest BCUT2D eigenvalue weighted by molar-refractivity contribution is 0.0592. The minimum atomic E-state index is -0.285. The van der Waals surface area contributed by atoms with Crippen LogP contribution in [0, 0.1) is 23.7 Å². The summed E-state index contributed by atoms with van der Waals surface area (Å²) >= 11 is 0. The van der Waals surface area contributed by atoms with Gasteiger partial charge in [0.2, 0.25) is 0 Å². The SMILES string of the molecule is COC(=O)c1ccc([C@H]2C3=C(CCC3)[C@@H](c3ccc(C(=O)OC)cc3)[C@H]3[C@@H]2[C@@H]2C=C[C@H]3C2)cc1. The molecule has 4 aliphatic carbocycles. The highest BCUT2D eigenvalue weighted by Crippen LogP contribution is 2.66. The van der Waals surface area contributed by atoms with Crippen LogP contribution in [0.15, 0.2) is 71.8 Å². The van der Waals surface area contributed by atoms with Crippen LogP contribution < -0.4 is 0 Å². The maximum atomic E-state index is 12.0. The van der Waals surface area contributed by atoms with E-state index in [0.717, 1.165) is 12.8 Å². The van der Waals surface area contributed by atoms with Gasteiger partial charge in [0.1, 0.15) is 0 Å². The van der Waals surface area contributed by atoms with Crippen molar-refractivity contribution in [3.63, 3.8) is 0 Å². The molecule has 0 unspecified atom stereocenters. The number of benzene rings is 2. The van der Waals surface area contributed by atoms with Gasteiger partial charge in [0.25, 0.3) is 0 Å². The predicted molar refractivity (Wildman–Crippen MR) is 130 cm³/mol. The fourth-order valence-corrected chi connectivity index (χ4v) is 7.54. The van der Waals surface area contributed by atoms with Crippen molar-refractivity contribution in [1.82, 2.24) is 0 Å². The highest BCUT2D eigenvalue weighted by atomic mass is 16.5. The van der Waals surface area contributed by atoms with Crippen LogP contribution in [0.3, 0.4) is 0 Å². The fraction of sp³-hybridized carbons (Fsp3) is 0.400. The predicted octanol–water partition coefficient (Wildman–Crippen LogP) is 6.06. The lowest BCUT2D eigenvalue weighted by Crippen LogP contribution is -2.36. The third-order valence-corrected chi connectivity index (χ3v) is 8.79. The Bertz CT molecular complexity index is 1100. The molecule has 4 heteroatoms. The highest BCUT2D eigenvalue weighted by Gasteiger charge is 2.56. The molecule has 2 aromatic carbocycles. The zero-order valence-electron chi connectivity index (χ0n) is 19.7. The molecule has 2 bridgehead atoms. The van der Waals surface area contributed by atoms with Gasteiger partial charge in [-0.3, -0.25) is 0 Å². The van der Waals surface area contributed by atoms with Gasteiger partial charge >= 0.3 is 11.9 Å². The van der Waals surface area contributed by atoms with E-state index in [2.05, 4.69) is 36.4 Å². The number of hydrogen-bond donors (Lipinski definition) is 0. The highest BCUT2D eigenvalue weighted by molar-refractivity contribution is 5.89. The average molecular weight is 455 g/mol. The molecule has 1 saturated carbocycles. The van der Waals surface area contributed by atoms with E-state index in [1.54, 1.807) is 11.1 Å². The number of esters is 2. The topological polar surface area (TPSA) is 52.6 Å². The van der Waals surface area contributed by atoms with E-state index >= 15 is 0 Å². The molecule has 2 aromatic rings. The first-order valence-corrected chi connectivity index (χ1v) is 12.4. The van der Waals surface area contributed by atoms with Crippen molar-refractivity contribution in [2.24, 2.45) is 23.7 Å². The molecule has 174 valence electrons. The molecule has 0 aromatic heterocycles. The Labute approximate surface area is 200 Å². The molecule has 6 atom stereocenters. The minimum absolute atomic E-state index is 0.285. The third-order valence-electron chi connectivity index (χ3n) is 8.79. The number of rotatable bonds is 4. The van der Waals surface area contributed by atoms with Crippen LogP contribution in [0.5, 0.6) is 0 Å². The Morgan fingerprint density at radius 3 is 1.47 bits per heavy atom. The molecule has 0 aliphatic heterocycles. The number of carbonyl (C=O) groups excluding carboxylic acids is 2. The second-order valence-electron chi connectivity index (χ2n) is 10.2. The Morgan fingerprint density at radius 1 is 0.676 bits per heavy atom. The molecule has 0 radical (unpaired) electrons. The van der Waals surface area contributed by atoms with Crippen molar-refractivity contribution in [1.29, 1.82) is 0 Å². The second kappa shape index (κ2) is 8.26. The lowest BCUT2D eigenvalue weighted by atomic mass is 9.58. The second-order valence-corrected chi connectivity index (χ2v) is 10.2. The lowest BCUT2D eigenvalue weighted by Gasteiger charge is -2.46. The van der Waals surface area contributed by atoms with E-state index in [0.29, 0.717) is 46.6 Å². The van der Waals surface area contributed by atoms with Crippen LogP contribution >= 0.6 is 0 Å². The van der Waals surface area contributed by atoms with E-state index in [-0.39, 0.29) is 11.9 Å². The number of fused-ring (bicyclic) bond motifs is 5. The zero-order chi connectivity index (χ0) is 23.4. The van der Waals surface area contributed by atoms with Crippen molar-refractivity contribution >= 4 is 11.9 Å². The van der Waals surface area contributed by atoms with Crippen molar-refractivity contribution in [3.05, 3.63) is 94.1 Å². The molecule has 0 N–H and O–H groups in total. The summed E-state index contributed by atoms with van der Waals surface area (Å²) in [4.78, 5) is 24.0. The molecular weight excluding hydrogens is 424 g/mol. The first-order chi connectivity index (χ1) is 16.6. The maximum Gasteiger partial charge on any atom is 0.337 e. The molecule has 4 aliphatic rings. The van der Waals surface area contributed by atoms with Crippen molar-refractivity contribution < 1.29 is 19.1 Å². The summed E-state index contributed by atoms with van der Waals surface area (Å²) in [5.41, 5.74) is 7.12. The standard InChI is InChI=1S/C30H30O4/c1-33-29(31)19-10-6-17(7-11-19)25-23-4-3-5-24(23)26(28-22-15-14-21(16-22)27(25)28)18-8-12-20(13-9-18)30(32)34-2/h6-15,21-22,25-28H,3-5,16H2,1-2H3/t21-,22+,25+,26-,27-,28+. The number of carbonyl (C=O) groups is 2. The van der Waals surface area contributed by atoms with Gasteiger partial charge in [0, 0.05) is 11.8 Å². The average Bonchev–Trinajstić information content (AvgIpc) is 3.63. The summed E-state index contributed by atoms with van der Waals surface area (Å²) in [5, 5.41) is 0. The van der Waals surface area contributed by atoms with Crippen LogP contribution in [0.25, 0.3) is 0 Å². The van der Waals surface area contributed by atoms with Crippen molar-refractivity contribution in [3.8, 4) is 0 Å². The van der Waals surface area contributed by atoms with Gasteiger partial charge in [-0.1, -0.05) is 47.6 Å². The molecular formula is C30H30O4. The van der Waals surface area contributed by atoms with Gasteiger partial charge in [0.05, 0.1) is 25.3 Å². The molecule has 1 fully saturated rings. The van der Waals surface area contributed by atoms with Crippen molar-refractivity contribution in [2.45, 2.75) is 37.5 Å². The van der Waals surface area contributed by atoms with E-state index in [1.807, 2.05) is 24.3 Å². The Hall–Kier alpha value is -3.14. The van der Waals surface area contributed by atoms with Gasteiger partial charge in [-0.25, -0.2) is 9.59 Å². The van der Waals surface area contributed by atoms with Gasteiger partial charge < -0.3 is 9.47 Å². The summed E-state index contributed by atoms with van der Waals surface area (Å²) in [6.45, 7) is 0. The van der Waals surface area contributed by atoms with Crippen LogP contribution in [-0.2, 0) is 9.47 Å². The number of hydrogen-bond acceptors (Lipinski definition) is 4. The molecule has 6 rings (SSSR count). The van der Waals surface area contributed by atoms with E-state index in [9.17, 15) is 9.59 Å². The summed E-state index contributed by atoms with van der Waals surface area (Å²) in [5.74, 6) is 2.61. The Kier molecular flexibility index (Phi) is 5.20. The number of methoxy groups -OCH3 is 2. The number of allylic oxidation sites excluding steroid dienone is 4. The summed E-state index contributed by atoms with van der Waals surface area (Å²) in [6, 6.07) is 16.3. The normalized spacial score (nSPS) is 30.8. The van der Waals surface area contributed by atoms with Crippen LogP contribution in [-0.4, -0.2) is 26.2 Å². The molecule has 0 amide bonds. The van der Waals surface area contributed by atoms with Gasteiger partial charge in [-0.05, 0) is 84.7 Å². The van der Waals surface area contributed by atoms with E-state index in [4.69, 9.17) is 9.47 Å². The van der Waals surface area contributed by atoms with Crippen LogP contribution in [0.1, 0.15) is 69.4 Å². The van der Waals surface area contributed by atoms with E-state index in [1.165, 1.54) is 38.2 Å².